The summed E-state index contributed by atoms with van der Waals surface area (Å²) in [6, 6.07) is 8.39. The van der Waals surface area contributed by atoms with E-state index in [-0.39, 0.29) is 5.97 Å². The topological polar surface area (TPSA) is 26.3 Å². The molecule has 17 heavy (non-hydrogen) atoms. The first-order valence-corrected chi connectivity index (χ1v) is 6.67. The molecule has 0 saturated carbocycles. The first-order valence-electron chi connectivity index (χ1n) is 5.86. The van der Waals surface area contributed by atoms with E-state index in [9.17, 15) is 4.79 Å². The molecule has 3 heteroatoms. The van der Waals surface area contributed by atoms with Gasteiger partial charge in [0.15, 0.2) is 0 Å². The van der Waals surface area contributed by atoms with Crippen LogP contribution in [-0.2, 0) is 16.0 Å². The third-order valence-electron chi connectivity index (χ3n) is 2.51. The average Bonchev–Trinajstić information content (AvgIpc) is 2.30. The molecule has 0 unspecified atom stereocenters. The van der Waals surface area contributed by atoms with Crippen molar-refractivity contribution in [3.05, 3.63) is 29.8 Å². The number of esters is 1. The SMILES string of the molecule is CCCc1ccc(SC(C)(C)C(=O)OC)cc1. The maximum absolute atomic E-state index is 11.6. The van der Waals surface area contributed by atoms with Crippen molar-refractivity contribution in [2.45, 2.75) is 43.3 Å². The second kappa shape index (κ2) is 6.10. The Morgan fingerprint density at radius 1 is 1.29 bits per heavy atom. The van der Waals surface area contributed by atoms with Crippen LogP contribution in [0.4, 0.5) is 0 Å². The van der Waals surface area contributed by atoms with Crippen LogP contribution in [0.1, 0.15) is 32.8 Å². The Labute approximate surface area is 108 Å². The van der Waals surface area contributed by atoms with Crippen LogP contribution in [0.25, 0.3) is 0 Å². The van der Waals surface area contributed by atoms with Crippen molar-refractivity contribution in [2.24, 2.45) is 0 Å². The molecule has 1 aromatic rings. The first-order chi connectivity index (χ1) is 7.99. The molecule has 0 bridgehead atoms. The van der Waals surface area contributed by atoms with Gasteiger partial charge >= 0.3 is 5.97 Å². The summed E-state index contributed by atoms with van der Waals surface area (Å²) in [5.41, 5.74) is 1.34. The molecule has 0 radical (unpaired) electrons. The first kappa shape index (κ1) is 14.1. The molecule has 0 aliphatic carbocycles. The van der Waals surface area contributed by atoms with E-state index in [1.807, 2.05) is 13.8 Å². The lowest BCUT2D eigenvalue weighted by Gasteiger charge is -2.20. The van der Waals surface area contributed by atoms with Crippen LogP contribution >= 0.6 is 11.8 Å². The summed E-state index contributed by atoms with van der Waals surface area (Å²) < 4.78 is 4.25. The summed E-state index contributed by atoms with van der Waals surface area (Å²) in [4.78, 5) is 12.7. The number of rotatable bonds is 5. The van der Waals surface area contributed by atoms with E-state index < -0.39 is 4.75 Å². The molecular formula is C14H20O2S. The molecule has 0 atom stereocenters. The van der Waals surface area contributed by atoms with Gasteiger partial charge in [-0.1, -0.05) is 25.5 Å². The molecule has 2 nitrogen and oxygen atoms in total. The normalized spacial score (nSPS) is 11.3. The van der Waals surface area contributed by atoms with Gasteiger partial charge in [-0.15, -0.1) is 11.8 Å². The van der Waals surface area contributed by atoms with Crippen molar-refractivity contribution < 1.29 is 9.53 Å². The van der Waals surface area contributed by atoms with Gasteiger partial charge in [0.25, 0.3) is 0 Å². The fourth-order valence-corrected chi connectivity index (χ4v) is 2.62. The van der Waals surface area contributed by atoms with Gasteiger partial charge in [0.2, 0.25) is 0 Å². The summed E-state index contributed by atoms with van der Waals surface area (Å²) in [6.07, 6.45) is 2.26. The summed E-state index contributed by atoms with van der Waals surface area (Å²) in [5, 5.41) is 0. The summed E-state index contributed by atoms with van der Waals surface area (Å²) in [6.45, 7) is 5.93. The number of aryl methyl sites for hydroxylation is 1. The maximum atomic E-state index is 11.6. The second-order valence-electron chi connectivity index (χ2n) is 4.50. The van der Waals surface area contributed by atoms with E-state index in [0.717, 1.165) is 17.7 Å². The molecule has 0 aromatic heterocycles. The van der Waals surface area contributed by atoms with Crippen LogP contribution in [0.15, 0.2) is 29.2 Å². The number of methoxy groups -OCH3 is 1. The highest BCUT2D eigenvalue weighted by Crippen LogP contribution is 2.33. The Morgan fingerprint density at radius 2 is 1.88 bits per heavy atom. The van der Waals surface area contributed by atoms with Crippen LogP contribution in [0.3, 0.4) is 0 Å². The minimum atomic E-state index is -0.541. The molecule has 1 aromatic carbocycles. The predicted molar refractivity (Wildman–Crippen MR) is 72.4 cm³/mol. The number of hydrogen-bond donors (Lipinski definition) is 0. The van der Waals surface area contributed by atoms with Gasteiger partial charge in [0.1, 0.15) is 4.75 Å². The van der Waals surface area contributed by atoms with Gasteiger partial charge in [0, 0.05) is 4.90 Å². The molecule has 0 aliphatic rings. The van der Waals surface area contributed by atoms with Crippen molar-refractivity contribution >= 4 is 17.7 Å². The lowest BCUT2D eigenvalue weighted by Crippen LogP contribution is -2.28. The molecule has 0 saturated heterocycles. The summed E-state index contributed by atoms with van der Waals surface area (Å²) in [7, 11) is 1.43. The van der Waals surface area contributed by atoms with E-state index in [1.165, 1.54) is 24.4 Å². The quantitative estimate of drug-likeness (QED) is 0.590. The van der Waals surface area contributed by atoms with Crippen LogP contribution in [0, 0.1) is 0 Å². The number of benzene rings is 1. The number of ether oxygens (including phenoxy) is 1. The minimum absolute atomic E-state index is 0.194. The van der Waals surface area contributed by atoms with Crippen molar-refractivity contribution in [1.82, 2.24) is 0 Å². The molecule has 0 heterocycles. The summed E-state index contributed by atoms with van der Waals surface area (Å²) in [5.74, 6) is -0.194. The molecule has 0 aliphatic heterocycles. The van der Waals surface area contributed by atoms with E-state index in [4.69, 9.17) is 4.74 Å². The number of hydrogen-bond acceptors (Lipinski definition) is 3. The Bertz CT molecular complexity index is 368. The van der Waals surface area contributed by atoms with Gasteiger partial charge < -0.3 is 4.74 Å². The lowest BCUT2D eigenvalue weighted by molar-refractivity contribution is -0.142. The zero-order chi connectivity index (χ0) is 12.9. The third-order valence-corrected chi connectivity index (χ3v) is 3.70. The summed E-state index contributed by atoms with van der Waals surface area (Å²) >= 11 is 1.53. The smallest absolute Gasteiger partial charge is 0.321 e. The Hall–Kier alpha value is -0.960. The van der Waals surface area contributed by atoms with Gasteiger partial charge in [-0.05, 0) is 38.0 Å². The van der Waals surface area contributed by atoms with Gasteiger partial charge in [-0.3, -0.25) is 4.79 Å². The highest BCUT2D eigenvalue weighted by molar-refractivity contribution is 8.01. The molecule has 94 valence electrons. The van der Waals surface area contributed by atoms with Crippen LogP contribution < -0.4 is 0 Å². The van der Waals surface area contributed by atoms with Gasteiger partial charge in [-0.2, -0.15) is 0 Å². The Kier molecular flexibility index (Phi) is 5.06. The Balaban J connectivity index is 2.71. The average molecular weight is 252 g/mol. The van der Waals surface area contributed by atoms with Crippen molar-refractivity contribution in [2.75, 3.05) is 7.11 Å². The zero-order valence-electron chi connectivity index (χ0n) is 10.9. The molecule has 0 amide bonds. The molecule has 0 spiro atoms. The fourth-order valence-electron chi connectivity index (χ4n) is 1.59. The van der Waals surface area contributed by atoms with E-state index in [0.29, 0.717) is 0 Å². The molecule has 1 rings (SSSR count). The molecular weight excluding hydrogens is 232 g/mol. The van der Waals surface area contributed by atoms with Crippen molar-refractivity contribution in [3.8, 4) is 0 Å². The largest absolute Gasteiger partial charge is 0.468 e. The van der Waals surface area contributed by atoms with Gasteiger partial charge in [-0.25, -0.2) is 0 Å². The lowest BCUT2D eigenvalue weighted by atomic mass is 10.1. The predicted octanol–water partition coefficient (Wildman–Crippen LogP) is 3.68. The van der Waals surface area contributed by atoms with Crippen molar-refractivity contribution in [3.63, 3.8) is 0 Å². The van der Waals surface area contributed by atoms with Crippen LogP contribution in [0.5, 0.6) is 0 Å². The molecule has 0 fully saturated rings. The standard InChI is InChI=1S/C14H20O2S/c1-5-6-11-7-9-12(10-8-11)17-14(2,3)13(15)16-4/h7-10H,5-6H2,1-4H3. The second-order valence-corrected chi connectivity index (χ2v) is 6.19. The Morgan fingerprint density at radius 3 is 2.35 bits per heavy atom. The zero-order valence-corrected chi connectivity index (χ0v) is 11.8. The van der Waals surface area contributed by atoms with E-state index in [2.05, 4.69) is 31.2 Å². The number of carbonyl (C=O) groups is 1. The monoisotopic (exact) mass is 252 g/mol. The number of thioether (sulfide) groups is 1. The van der Waals surface area contributed by atoms with Crippen molar-refractivity contribution in [1.29, 1.82) is 0 Å². The van der Waals surface area contributed by atoms with E-state index in [1.54, 1.807) is 0 Å². The van der Waals surface area contributed by atoms with E-state index >= 15 is 0 Å². The van der Waals surface area contributed by atoms with Gasteiger partial charge in [0.05, 0.1) is 7.11 Å². The molecule has 0 N–H and O–H groups in total. The van der Waals surface area contributed by atoms with Crippen LogP contribution in [0.2, 0.25) is 0 Å². The van der Waals surface area contributed by atoms with Crippen LogP contribution in [-0.4, -0.2) is 17.8 Å². The number of carbonyl (C=O) groups excluding carboxylic acids is 1. The fraction of sp³-hybridized carbons (Fsp3) is 0.500. The maximum Gasteiger partial charge on any atom is 0.321 e. The minimum Gasteiger partial charge on any atom is -0.468 e. The highest BCUT2D eigenvalue weighted by Gasteiger charge is 2.29. The highest BCUT2D eigenvalue weighted by atomic mass is 32.2. The third kappa shape index (κ3) is 4.08.